The third kappa shape index (κ3) is 5.40. The summed E-state index contributed by atoms with van der Waals surface area (Å²) in [6.45, 7) is 7.50. The van der Waals surface area contributed by atoms with Gasteiger partial charge in [-0.15, -0.1) is 0 Å². The number of nitrogens with zero attached hydrogens (tertiary/aromatic N) is 2. The predicted octanol–water partition coefficient (Wildman–Crippen LogP) is 2.09. The predicted molar refractivity (Wildman–Crippen MR) is 98.6 cm³/mol. The fraction of sp³-hybridized carbons (Fsp3) is 0.556. The number of carbonyl (C=O) groups excluding carboxylic acids is 2. The molecular weight excluding hydrogens is 339 g/mol. The first-order valence-corrected chi connectivity index (χ1v) is 8.85. The van der Waals surface area contributed by atoms with E-state index in [0.29, 0.717) is 31.9 Å². The van der Waals surface area contributed by atoms with E-state index in [0.717, 1.165) is 6.42 Å². The van der Waals surface area contributed by atoms with Crippen molar-refractivity contribution in [3.05, 3.63) is 24.0 Å². The van der Waals surface area contributed by atoms with Crippen LogP contribution in [0.4, 0.5) is 20.6 Å². The van der Waals surface area contributed by atoms with Crippen LogP contribution in [0, 0.1) is 5.82 Å². The third-order valence-corrected chi connectivity index (χ3v) is 4.39. The van der Waals surface area contributed by atoms with Crippen molar-refractivity contribution in [1.29, 1.82) is 0 Å². The van der Waals surface area contributed by atoms with Gasteiger partial charge >= 0.3 is 6.03 Å². The highest BCUT2D eigenvalue weighted by atomic mass is 19.1. The number of aliphatic hydroxyl groups is 1. The largest absolute Gasteiger partial charge is 0.392 e. The quantitative estimate of drug-likeness (QED) is 0.745. The van der Waals surface area contributed by atoms with Crippen LogP contribution in [0.15, 0.2) is 18.2 Å². The maximum absolute atomic E-state index is 13.7. The van der Waals surface area contributed by atoms with Crippen LogP contribution < -0.4 is 10.6 Å². The lowest BCUT2D eigenvalue weighted by Crippen LogP contribution is -2.56. The molecule has 0 unspecified atom stereocenters. The molecule has 3 amide bonds. The number of hydrogen-bond acceptors (Lipinski definition) is 4. The van der Waals surface area contributed by atoms with Crippen molar-refractivity contribution in [1.82, 2.24) is 9.80 Å². The Balaban J connectivity index is 2.01. The highest BCUT2D eigenvalue weighted by Gasteiger charge is 2.29. The van der Waals surface area contributed by atoms with Crippen molar-refractivity contribution in [2.24, 2.45) is 0 Å². The second-order valence-corrected chi connectivity index (χ2v) is 6.66. The number of carbonyl (C=O) groups is 2. The fourth-order valence-electron chi connectivity index (χ4n) is 3.14. The number of anilines is 2. The molecule has 8 heteroatoms. The monoisotopic (exact) mass is 366 g/mol. The van der Waals surface area contributed by atoms with Crippen LogP contribution in [0.3, 0.4) is 0 Å². The highest BCUT2D eigenvalue weighted by molar-refractivity contribution is 5.92. The lowest BCUT2D eigenvalue weighted by atomic mass is 10.1. The van der Waals surface area contributed by atoms with E-state index in [1.165, 1.54) is 25.1 Å². The zero-order valence-electron chi connectivity index (χ0n) is 15.5. The average Bonchev–Trinajstić information content (AvgIpc) is 2.57. The normalized spacial score (nSPS) is 19.1. The molecule has 0 saturated carbocycles. The Bertz CT molecular complexity index is 653. The number of aliphatic hydroxyl groups excluding tert-OH is 1. The molecule has 0 aromatic heterocycles. The summed E-state index contributed by atoms with van der Waals surface area (Å²) in [6, 6.07) is 3.98. The summed E-state index contributed by atoms with van der Waals surface area (Å²) < 4.78 is 13.7. The summed E-state index contributed by atoms with van der Waals surface area (Å²) in [7, 11) is 0. The summed E-state index contributed by atoms with van der Waals surface area (Å²) in [5.74, 6) is -0.941. The summed E-state index contributed by atoms with van der Waals surface area (Å²) in [5.41, 5.74) is 0.447. The molecule has 1 fully saturated rings. The molecule has 3 N–H and O–H groups in total. The second kappa shape index (κ2) is 8.95. The molecule has 1 aliphatic heterocycles. The molecule has 1 aliphatic rings. The summed E-state index contributed by atoms with van der Waals surface area (Å²) in [6.07, 6.45) is 0.468. The lowest BCUT2D eigenvalue weighted by molar-refractivity contribution is -0.114. The number of halogens is 1. The molecule has 0 spiro atoms. The number of nitrogens with one attached hydrogen (secondary N) is 2. The molecular formula is C18H27FN4O3. The van der Waals surface area contributed by atoms with E-state index in [4.69, 9.17) is 0 Å². The van der Waals surface area contributed by atoms with Gasteiger partial charge in [0.2, 0.25) is 5.91 Å². The molecule has 0 aliphatic carbocycles. The zero-order chi connectivity index (χ0) is 19.3. The molecule has 1 aromatic carbocycles. The number of rotatable bonds is 5. The zero-order valence-corrected chi connectivity index (χ0v) is 15.5. The number of piperazine rings is 1. The molecule has 2 rings (SSSR count). The van der Waals surface area contributed by atoms with Crippen LogP contribution in [-0.4, -0.2) is 65.2 Å². The minimum atomic E-state index is -0.559. The van der Waals surface area contributed by atoms with Crippen LogP contribution in [0.25, 0.3) is 0 Å². The van der Waals surface area contributed by atoms with E-state index in [9.17, 15) is 19.1 Å². The Kier molecular flexibility index (Phi) is 6.93. The molecule has 1 aromatic rings. The Morgan fingerprint density at radius 2 is 2.08 bits per heavy atom. The van der Waals surface area contributed by atoms with Crippen molar-refractivity contribution in [3.8, 4) is 0 Å². The lowest BCUT2D eigenvalue weighted by Gasteiger charge is -2.41. The van der Waals surface area contributed by atoms with Crippen LogP contribution in [-0.2, 0) is 4.79 Å². The molecule has 1 saturated heterocycles. The van der Waals surface area contributed by atoms with E-state index in [2.05, 4.69) is 22.5 Å². The number of benzene rings is 1. The minimum Gasteiger partial charge on any atom is -0.392 e. The van der Waals surface area contributed by atoms with Crippen molar-refractivity contribution in [2.45, 2.75) is 39.3 Å². The third-order valence-electron chi connectivity index (χ3n) is 4.39. The van der Waals surface area contributed by atoms with Gasteiger partial charge in [0.1, 0.15) is 5.82 Å². The highest BCUT2D eigenvalue weighted by Crippen LogP contribution is 2.21. The fourth-order valence-corrected chi connectivity index (χ4v) is 3.14. The van der Waals surface area contributed by atoms with E-state index >= 15 is 0 Å². The molecule has 144 valence electrons. The van der Waals surface area contributed by atoms with Crippen molar-refractivity contribution < 1.29 is 19.1 Å². The minimum absolute atomic E-state index is 0.0310. The smallest absolute Gasteiger partial charge is 0.321 e. The van der Waals surface area contributed by atoms with Gasteiger partial charge in [-0.2, -0.15) is 0 Å². The topological polar surface area (TPSA) is 84.9 Å². The van der Waals surface area contributed by atoms with Gasteiger partial charge in [0, 0.05) is 44.8 Å². The van der Waals surface area contributed by atoms with Crippen LogP contribution in [0.5, 0.6) is 0 Å². The second-order valence-electron chi connectivity index (χ2n) is 6.66. The summed E-state index contributed by atoms with van der Waals surface area (Å²) >= 11 is 0. The first kappa shape index (κ1) is 20.1. The van der Waals surface area contributed by atoms with Crippen LogP contribution >= 0.6 is 0 Å². The van der Waals surface area contributed by atoms with Gasteiger partial charge in [-0.25, -0.2) is 9.18 Å². The molecule has 0 radical (unpaired) electrons. The van der Waals surface area contributed by atoms with E-state index in [-0.39, 0.29) is 23.7 Å². The Morgan fingerprint density at radius 1 is 1.35 bits per heavy atom. The molecule has 0 bridgehead atoms. The van der Waals surface area contributed by atoms with Gasteiger partial charge in [0.15, 0.2) is 0 Å². The molecule has 1 heterocycles. The van der Waals surface area contributed by atoms with E-state index in [1.807, 2.05) is 0 Å². The SMILES string of the molecule is CC[C@@H]1CN(C(=O)Nc2ccc(F)c(NC(C)=O)c2)CCN1C[C@@H](C)O. The van der Waals surface area contributed by atoms with Gasteiger partial charge in [-0.1, -0.05) is 6.92 Å². The first-order valence-electron chi connectivity index (χ1n) is 8.85. The van der Waals surface area contributed by atoms with Gasteiger partial charge < -0.3 is 20.6 Å². The number of hydrogen-bond donors (Lipinski definition) is 3. The van der Waals surface area contributed by atoms with Crippen molar-refractivity contribution in [2.75, 3.05) is 36.8 Å². The Hall–Kier alpha value is -2.19. The Morgan fingerprint density at radius 3 is 2.69 bits per heavy atom. The van der Waals surface area contributed by atoms with Gasteiger partial charge in [-0.05, 0) is 31.5 Å². The molecule has 2 atom stereocenters. The van der Waals surface area contributed by atoms with Gasteiger partial charge in [0.05, 0.1) is 11.8 Å². The van der Waals surface area contributed by atoms with Crippen molar-refractivity contribution >= 4 is 23.3 Å². The Labute approximate surface area is 153 Å². The maximum Gasteiger partial charge on any atom is 0.321 e. The molecule has 26 heavy (non-hydrogen) atoms. The number of β-amino-alcohol motifs (C(OH)–C–C–N with tert-alkyl or cyclic N) is 1. The summed E-state index contributed by atoms with van der Waals surface area (Å²) in [5, 5.41) is 14.8. The van der Waals surface area contributed by atoms with Crippen molar-refractivity contribution in [3.63, 3.8) is 0 Å². The van der Waals surface area contributed by atoms with Crippen LogP contribution in [0.2, 0.25) is 0 Å². The maximum atomic E-state index is 13.7. The van der Waals surface area contributed by atoms with E-state index < -0.39 is 11.9 Å². The van der Waals surface area contributed by atoms with Gasteiger partial charge in [0.25, 0.3) is 0 Å². The standard InChI is InChI=1S/C18H27FN4O3/c1-4-15-11-23(8-7-22(15)10-12(2)24)18(26)21-14-5-6-16(19)17(9-14)20-13(3)25/h5-6,9,12,15,24H,4,7-8,10-11H2,1-3H3,(H,20,25)(H,21,26)/t12-,15-/m1/s1. The number of urea groups is 1. The first-order chi connectivity index (χ1) is 12.3. The summed E-state index contributed by atoms with van der Waals surface area (Å²) in [4.78, 5) is 27.6. The van der Waals surface area contributed by atoms with Gasteiger partial charge in [-0.3, -0.25) is 9.69 Å². The van der Waals surface area contributed by atoms with Crippen LogP contribution in [0.1, 0.15) is 27.2 Å². The molecule has 7 nitrogen and oxygen atoms in total. The van der Waals surface area contributed by atoms with E-state index in [1.54, 1.807) is 11.8 Å². The number of amides is 3. The average molecular weight is 366 g/mol.